The Kier molecular flexibility index (Phi) is 6.47. The molecular formula is C27H29BrN2O. The SMILES string of the molecule is CC(C)(C)c1ccc(OCCCCn2c(-c3cccc(Br)c3)nc3ccccc32)cc1. The van der Waals surface area contributed by atoms with Gasteiger partial charge >= 0.3 is 0 Å². The second kappa shape index (κ2) is 9.27. The maximum atomic E-state index is 5.98. The van der Waals surface area contributed by atoms with Crippen LogP contribution in [0.1, 0.15) is 39.2 Å². The first-order chi connectivity index (χ1) is 14.9. The van der Waals surface area contributed by atoms with Crippen molar-refractivity contribution in [3.63, 3.8) is 0 Å². The molecule has 4 aromatic rings. The van der Waals surface area contributed by atoms with Crippen molar-refractivity contribution in [3.8, 4) is 17.1 Å². The number of nitrogens with zero attached hydrogens (tertiary/aromatic N) is 2. The van der Waals surface area contributed by atoms with Crippen molar-refractivity contribution in [2.75, 3.05) is 6.61 Å². The lowest BCUT2D eigenvalue weighted by Gasteiger charge is -2.19. The van der Waals surface area contributed by atoms with Crippen LogP contribution in [0.5, 0.6) is 5.75 Å². The number of hydrogen-bond donors (Lipinski definition) is 0. The molecule has 1 heterocycles. The van der Waals surface area contributed by atoms with Gasteiger partial charge in [-0.3, -0.25) is 0 Å². The van der Waals surface area contributed by atoms with Gasteiger partial charge in [0.1, 0.15) is 11.6 Å². The Bertz CT molecular complexity index is 1160. The van der Waals surface area contributed by atoms with Crippen molar-refractivity contribution in [3.05, 3.63) is 82.8 Å². The topological polar surface area (TPSA) is 27.1 Å². The molecule has 4 heteroatoms. The van der Waals surface area contributed by atoms with Crippen LogP contribution in [0.2, 0.25) is 0 Å². The van der Waals surface area contributed by atoms with Crippen LogP contribution in [0.25, 0.3) is 22.4 Å². The summed E-state index contributed by atoms with van der Waals surface area (Å²) in [6.07, 6.45) is 2.02. The minimum atomic E-state index is 0.165. The fourth-order valence-corrected chi connectivity index (χ4v) is 4.16. The molecule has 0 bridgehead atoms. The van der Waals surface area contributed by atoms with Gasteiger partial charge in [0.2, 0.25) is 0 Å². The highest BCUT2D eigenvalue weighted by molar-refractivity contribution is 9.10. The van der Waals surface area contributed by atoms with Crippen molar-refractivity contribution >= 4 is 27.0 Å². The molecular weight excluding hydrogens is 448 g/mol. The second-order valence-corrected chi connectivity index (χ2v) is 9.83. The molecule has 0 spiro atoms. The molecule has 0 saturated carbocycles. The Labute approximate surface area is 193 Å². The average molecular weight is 477 g/mol. The van der Waals surface area contributed by atoms with Gasteiger partial charge in [-0.15, -0.1) is 0 Å². The molecule has 3 aromatic carbocycles. The Balaban J connectivity index is 1.41. The number of rotatable bonds is 7. The Morgan fingerprint density at radius 3 is 2.42 bits per heavy atom. The molecule has 0 N–H and O–H groups in total. The van der Waals surface area contributed by atoms with Gasteiger partial charge in [0.15, 0.2) is 0 Å². The number of halogens is 1. The molecule has 0 aliphatic heterocycles. The highest BCUT2D eigenvalue weighted by Gasteiger charge is 2.14. The largest absolute Gasteiger partial charge is 0.494 e. The monoisotopic (exact) mass is 476 g/mol. The third kappa shape index (κ3) is 5.19. The summed E-state index contributed by atoms with van der Waals surface area (Å²) in [6, 6.07) is 25.2. The maximum Gasteiger partial charge on any atom is 0.141 e. The first-order valence-electron chi connectivity index (χ1n) is 10.9. The zero-order valence-corrected chi connectivity index (χ0v) is 20.0. The van der Waals surface area contributed by atoms with Gasteiger partial charge in [-0.25, -0.2) is 4.98 Å². The zero-order valence-electron chi connectivity index (χ0n) is 18.4. The van der Waals surface area contributed by atoms with E-state index in [0.29, 0.717) is 6.61 Å². The van der Waals surface area contributed by atoms with Crippen molar-refractivity contribution < 1.29 is 4.74 Å². The number of aromatic nitrogens is 2. The van der Waals surface area contributed by atoms with E-state index in [2.05, 4.69) is 102 Å². The second-order valence-electron chi connectivity index (χ2n) is 8.92. The summed E-state index contributed by atoms with van der Waals surface area (Å²) in [7, 11) is 0. The Hall–Kier alpha value is -2.59. The Morgan fingerprint density at radius 1 is 0.903 bits per heavy atom. The normalized spacial score (nSPS) is 11.7. The number of ether oxygens (including phenoxy) is 1. The highest BCUT2D eigenvalue weighted by atomic mass is 79.9. The molecule has 0 aliphatic carbocycles. The third-order valence-corrected chi connectivity index (χ3v) is 6.00. The molecule has 0 radical (unpaired) electrons. The van der Waals surface area contributed by atoms with Gasteiger partial charge in [-0.2, -0.15) is 0 Å². The quantitative estimate of drug-likeness (QED) is 0.256. The summed E-state index contributed by atoms with van der Waals surface area (Å²) in [4.78, 5) is 4.91. The predicted molar refractivity (Wildman–Crippen MR) is 133 cm³/mol. The number of imidazole rings is 1. The third-order valence-electron chi connectivity index (χ3n) is 5.50. The van der Waals surface area contributed by atoms with Crippen LogP contribution in [0.3, 0.4) is 0 Å². The van der Waals surface area contributed by atoms with Crippen LogP contribution < -0.4 is 4.74 Å². The first-order valence-corrected chi connectivity index (χ1v) is 11.7. The fourth-order valence-electron chi connectivity index (χ4n) is 3.76. The minimum absolute atomic E-state index is 0.165. The summed E-state index contributed by atoms with van der Waals surface area (Å²) < 4.78 is 9.37. The summed E-state index contributed by atoms with van der Waals surface area (Å²) in [5.74, 6) is 1.96. The van der Waals surface area contributed by atoms with Gasteiger partial charge in [0.05, 0.1) is 17.6 Å². The molecule has 0 aliphatic rings. The van der Waals surface area contributed by atoms with E-state index in [0.717, 1.165) is 46.5 Å². The van der Waals surface area contributed by atoms with Crippen LogP contribution >= 0.6 is 15.9 Å². The Morgan fingerprint density at radius 2 is 1.68 bits per heavy atom. The lowest BCUT2D eigenvalue weighted by atomic mass is 9.87. The van der Waals surface area contributed by atoms with E-state index < -0.39 is 0 Å². The van der Waals surface area contributed by atoms with Crippen molar-refractivity contribution in [2.24, 2.45) is 0 Å². The van der Waals surface area contributed by atoms with E-state index in [1.54, 1.807) is 0 Å². The van der Waals surface area contributed by atoms with Gasteiger partial charge in [-0.05, 0) is 60.2 Å². The van der Waals surface area contributed by atoms with E-state index in [-0.39, 0.29) is 5.41 Å². The van der Waals surface area contributed by atoms with Gasteiger partial charge in [0, 0.05) is 16.6 Å². The molecule has 4 rings (SSSR count). The molecule has 0 saturated heterocycles. The summed E-state index contributed by atoms with van der Waals surface area (Å²) in [5, 5.41) is 0. The predicted octanol–water partition coefficient (Wildman–Crippen LogP) is 7.62. The smallest absolute Gasteiger partial charge is 0.141 e. The molecule has 160 valence electrons. The number of unbranched alkanes of at least 4 members (excludes halogenated alkanes) is 1. The zero-order chi connectivity index (χ0) is 21.8. The van der Waals surface area contributed by atoms with Crippen molar-refractivity contribution in [1.29, 1.82) is 0 Å². The maximum absolute atomic E-state index is 5.98. The van der Waals surface area contributed by atoms with E-state index in [4.69, 9.17) is 9.72 Å². The van der Waals surface area contributed by atoms with Crippen LogP contribution in [0, 0.1) is 0 Å². The van der Waals surface area contributed by atoms with Crippen LogP contribution in [-0.4, -0.2) is 16.2 Å². The van der Waals surface area contributed by atoms with E-state index in [9.17, 15) is 0 Å². The van der Waals surface area contributed by atoms with Gasteiger partial charge < -0.3 is 9.30 Å². The van der Waals surface area contributed by atoms with E-state index in [1.807, 2.05) is 12.1 Å². The lowest BCUT2D eigenvalue weighted by Crippen LogP contribution is -2.10. The number of fused-ring (bicyclic) bond motifs is 1. The number of hydrogen-bond acceptors (Lipinski definition) is 2. The molecule has 0 amide bonds. The highest BCUT2D eigenvalue weighted by Crippen LogP contribution is 2.28. The number of aryl methyl sites for hydroxylation is 1. The molecule has 0 atom stereocenters. The first kappa shape index (κ1) is 21.6. The molecule has 1 aromatic heterocycles. The summed E-state index contributed by atoms with van der Waals surface area (Å²) in [5.41, 5.74) is 4.83. The van der Waals surface area contributed by atoms with Gasteiger partial charge in [-0.1, -0.05) is 73.1 Å². The van der Waals surface area contributed by atoms with E-state index >= 15 is 0 Å². The molecule has 3 nitrogen and oxygen atoms in total. The standard InChI is InChI=1S/C27H29BrN2O/c1-27(2,3)21-13-15-23(16-14-21)31-18-7-6-17-30-25-12-5-4-11-24(25)29-26(30)20-9-8-10-22(28)19-20/h4-5,8-16,19H,6-7,17-18H2,1-3H3. The van der Waals surface area contributed by atoms with Crippen LogP contribution in [0.4, 0.5) is 0 Å². The van der Waals surface area contributed by atoms with Crippen molar-refractivity contribution in [1.82, 2.24) is 9.55 Å². The minimum Gasteiger partial charge on any atom is -0.494 e. The lowest BCUT2D eigenvalue weighted by molar-refractivity contribution is 0.303. The van der Waals surface area contributed by atoms with E-state index in [1.165, 1.54) is 11.1 Å². The number of para-hydroxylation sites is 2. The van der Waals surface area contributed by atoms with Gasteiger partial charge in [0.25, 0.3) is 0 Å². The van der Waals surface area contributed by atoms with Crippen molar-refractivity contribution in [2.45, 2.75) is 45.6 Å². The van der Waals surface area contributed by atoms with Crippen LogP contribution in [-0.2, 0) is 12.0 Å². The fraction of sp³-hybridized carbons (Fsp3) is 0.296. The summed E-state index contributed by atoms with van der Waals surface area (Å²) in [6.45, 7) is 8.31. The molecule has 31 heavy (non-hydrogen) atoms. The number of benzene rings is 3. The molecule has 0 unspecified atom stereocenters. The average Bonchev–Trinajstić information content (AvgIpc) is 3.12. The summed E-state index contributed by atoms with van der Waals surface area (Å²) >= 11 is 3.58. The van der Waals surface area contributed by atoms with Crippen LogP contribution in [0.15, 0.2) is 77.3 Å². The molecule has 0 fully saturated rings.